The van der Waals surface area contributed by atoms with E-state index in [0.717, 1.165) is 12.1 Å². The molecule has 0 saturated heterocycles. The zero-order valence-electron chi connectivity index (χ0n) is 15.3. The number of carbonyl (C=O) groups is 2. The lowest BCUT2D eigenvalue weighted by molar-refractivity contribution is -0.137. The fraction of sp³-hybridized carbons (Fsp3) is 0.105. The van der Waals surface area contributed by atoms with Crippen molar-refractivity contribution in [3.63, 3.8) is 0 Å². The molecule has 3 rings (SSSR count). The van der Waals surface area contributed by atoms with Crippen LogP contribution in [0.1, 0.15) is 32.0 Å². The summed E-state index contributed by atoms with van der Waals surface area (Å²) in [6.45, 7) is -0.0534. The molecule has 1 aromatic heterocycles. The molecule has 2 aromatic carbocycles. The van der Waals surface area contributed by atoms with Crippen LogP contribution in [-0.4, -0.2) is 22.0 Å². The molecule has 3 N–H and O–H groups in total. The number of anilines is 1. The molecule has 0 unspecified atom stereocenters. The molecule has 1 heterocycles. The van der Waals surface area contributed by atoms with Gasteiger partial charge in [0, 0.05) is 12.6 Å². The number of alkyl halides is 3. The van der Waals surface area contributed by atoms with Crippen molar-refractivity contribution in [1.82, 2.24) is 15.5 Å². The summed E-state index contributed by atoms with van der Waals surface area (Å²) >= 11 is 5.73. The van der Waals surface area contributed by atoms with Crippen molar-refractivity contribution in [2.24, 2.45) is 0 Å². The van der Waals surface area contributed by atoms with E-state index in [4.69, 9.17) is 11.6 Å². The Morgan fingerprint density at radius 1 is 1.00 bits per heavy atom. The number of halogens is 6. The number of aromatic nitrogens is 2. The number of hydrogen-bond donors (Lipinski definition) is 3. The summed E-state index contributed by atoms with van der Waals surface area (Å²) in [5.74, 6) is -4.09. The number of hydrogen-bond acceptors (Lipinski definition) is 3. The maximum absolute atomic E-state index is 13.3. The van der Waals surface area contributed by atoms with Crippen LogP contribution in [0.5, 0.6) is 0 Å². The van der Waals surface area contributed by atoms with Crippen LogP contribution < -0.4 is 10.6 Å². The van der Waals surface area contributed by atoms with Gasteiger partial charge in [0.05, 0.1) is 16.1 Å². The molecule has 0 aliphatic rings. The number of nitrogens with one attached hydrogen (secondary N) is 3. The number of amides is 2. The second-order valence-electron chi connectivity index (χ2n) is 6.24. The number of aromatic amines is 1. The van der Waals surface area contributed by atoms with E-state index in [1.54, 1.807) is 0 Å². The van der Waals surface area contributed by atoms with Crippen molar-refractivity contribution in [2.75, 3.05) is 5.32 Å². The molecule has 12 heteroatoms. The Bertz CT molecular complexity index is 1130. The van der Waals surface area contributed by atoms with Crippen LogP contribution in [-0.2, 0) is 12.7 Å². The maximum Gasteiger partial charge on any atom is 0.416 e. The molecular formula is C19H12ClF5N4O2. The lowest BCUT2D eigenvalue weighted by atomic mass is 10.1. The minimum Gasteiger partial charge on any atom is -0.347 e. The van der Waals surface area contributed by atoms with Crippen LogP contribution in [0.3, 0.4) is 0 Å². The average Bonchev–Trinajstić information content (AvgIpc) is 3.17. The van der Waals surface area contributed by atoms with Gasteiger partial charge in [-0.3, -0.25) is 14.7 Å². The van der Waals surface area contributed by atoms with Crippen LogP contribution in [0.15, 0.2) is 42.5 Å². The Morgan fingerprint density at radius 3 is 2.29 bits per heavy atom. The molecule has 0 aliphatic heterocycles. The highest BCUT2D eigenvalue weighted by atomic mass is 35.5. The first-order chi connectivity index (χ1) is 14.5. The Kier molecular flexibility index (Phi) is 6.25. The number of nitrogens with zero attached hydrogens (tertiary/aromatic N) is 1. The molecule has 0 atom stereocenters. The smallest absolute Gasteiger partial charge is 0.347 e. The fourth-order valence-corrected chi connectivity index (χ4v) is 2.71. The fourth-order valence-electron chi connectivity index (χ4n) is 2.47. The van der Waals surface area contributed by atoms with E-state index in [1.165, 1.54) is 18.2 Å². The van der Waals surface area contributed by atoms with Crippen LogP contribution in [0.25, 0.3) is 0 Å². The largest absolute Gasteiger partial charge is 0.416 e. The van der Waals surface area contributed by atoms with E-state index in [9.17, 15) is 31.5 Å². The maximum atomic E-state index is 13.3. The minimum atomic E-state index is -4.46. The van der Waals surface area contributed by atoms with Crippen LogP contribution in [0.4, 0.5) is 27.8 Å². The van der Waals surface area contributed by atoms with Gasteiger partial charge in [0.2, 0.25) is 0 Å². The van der Waals surface area contributed by atoms with Crippen molar-refractivity contribution < 1.29 is 31.5 Å². The van der Waals surface area contributed by atoms with Crippen molar-refractivity contribution in [3.05, 3.63) is 81.5 Å². The summed E-state index contributed by atoms with van der Waals surface area (Å²) in [4.78, 5) is 24.3. The topological polar surface area (TPSA) is 86.9 Å². The number of benzene rings is 2. The van der Waals surface area contributed by atoms with Gasteiger partial charge in [-0.05, 0) is 29.8 Å². The molecule has 3 aromatic rings. The predicted molar refractivity (Wildman–Crippen MR) is 101 cm³/mol. The molecule has 0 fully saturated rings. The lowest BCUT2D eigenvalue weighted by Gasteiger charge is -2.08. The van der Waals surface area contributed by atoms with Gasteiger partial charge in [-0.15, -0.1) is 0 Å². The van der Waals surface area contributed by atoms with Gasteiger partial charge in [0.15, 0.2) is 17.5 Å². The molecule has 6 nitrogen and oxygen atoms in total. The van der Waals surface area contributed by atoms with Crippen molar-refractivity contribution >= 4 is 29.2 Å². The number of rotatable bonds is 5. The molecule has 0 aliphatic carbocycles. The van der Waals surface area contributed by atoms with Gasteiger partial charge in [-0.25, -0.2) is 8.78 Å². The Morgan fingerprint density at radius 2 is 1.65 bits per heavy atom. The van der Waals surface area contributed by atoms with Crippen LogP contribution in [0.2, 0.25) is 5.02 Å². The van der Waals surface area contributed by atoms with E-state index < -0.39 is 35.2 Å². The zero-order valence-corrected chi connectivity index (χ0v) is 16.0. The normalized spacial score (nSPS) is 11.3. The first kappa shape index (κ1) is 22.2. The molecule has 162 valence electrons. The summed E-state index contributed by atoms with van der Waals surface area (Å²) in [5.41, 5.74) is -0.768. The highest BCUT2D eigenvalue weighted by Crippen LogP contribution is 2.29. The molecule has 2 amide bonds. The van der Waals surface area contributed by atoms with Crippen LogP contribution >= 0.6 is 11.6 Å². The SMILES string of the molecule is O=C(NCc1ccc(C(F)(F)F)cc1)c1cc(NC(=O)c2cc(F)c(F)cc2Cl)n[nH]1. The Hall–Kier alpha value is -3.47. The van der Waals surface area contributed by atoms with Gasteiger partial charge in [-0.2, -0.15) is 18.3 Å². The summed E-state index contributed by atoms with van der Waals surface area (Å²) in [6.07, 6.45) is -4.46. The molecular weight excluding hydrogens is 447 g/mol. The molecule has 0 radical (unpaired) electrons. The quantitative estimate of drug-likeness (QED) is 0.387. The van der Waals surface area contributed by atoms with Crippen molar-refractivity contribution in [2.45, 2.75) is 12.7 Å². The Labute approximate surface area is 176 Å². The van der Waals surface area contributed by atoms with E-state index in [-0.39, 0.29) is 28.6 Å². The third-order valence-electron chi connectivity index (χ3n) is 4.05. The Balaban J connectivity index is 1.61. The second-order valence-corrected chi connectivity index (χ2v) is 6.65. The predicted octanol–water partition coefficient (Wildman–Crippen LogP) is 4.54. The molecule has 0 bridgehead atoms. The van der Waals surface area contributed by atoms with Crippen molar-refractivity contribution in [1.29, 1.82) is 0 Å². The van der Waals surface area contributed by atoms with E-state index in [1.807, 2.05) is 0 Å². The van der Waals surface area contributed by atoms with Crippen molar-refractivity contribution in [3.8, 4) is 0 Å². The van der Waals surface area contributed by atoms with E-state index >= 15 is 0 Å². The molecule has 0 spiro atoms. The van der Waals surface area contributed by atoms with Gasteiger partial charge < -0.3 is 10.6 Å². The first-order valence-electron chi connectivity index (χ1n) is 8.50. The van der Waals surface area contributed by atoms with Gasteiger partial charge in [0.1, 0.15) is 5.69 Å². The third-order valence-corrected chi connectivity index (χ3v) is 4.37. The summed E-state index contributed by atoms with van der Waals surface area (Å²) in [6, 6.07) is 6.70. The highest BCUT2D eigenvalue weighted by Gasteiger charge is 2.29. The summed E-state index contributed by atoms with van der Waals surface area (Å²) in [5, 5.41) is 10.5. The average molecular weight is 459 g/mol. The monoisotopic (exact) mass is 458 g/mol. The second kappa shape index (κ2) is 8.72. The van der Waals surface area contributed by atoms with Gasteiger partial charge in [-0.1, -0.05) is 23.7 Å². The standard InChI is InChI=1S/C19H12ClF5N4O2/c20-12-6-14(22)13(21)5-11(12)17(30)27-16-7-15(28-29-16)18(31)26-8-9-1-3-10(4-2-9)19(23,24)25/h1-7H,8H2,(H,26,31)(H2,27,28,29,30). The molecule has 31 heavy (non-hydrogen) atoms. The number of carbonyl (C=O) groups excluding carboxylic acids is 2. The zero-order chi connectivity index (χ0) is 22.8. The van der Waals surface area contributed by atoms with E-state index in [0.29, 0.717) is 17.7 Å². The third kappa shape index (κ3) is 5.37. The lowest BCUT2D eigenvalue weighted by Crippen LogP contribution is -2.23. The highest BCUT2D eigenvalue weighted by molar-refractivity contribution is 6.34. The van der Waals surface area contributed by atoms with E-state index in [2.05, 4.69) is 20.8 Å². The van der Waals surface area contributed by atoms with Gasteiger partial charge >= 0.3 is 6.18 Å². The van der Waals surface area contributed by atoms with Crippen LogP contribution in [0, 0.1) is 11.6 Å². The van der Waals surface area contributed by atoms with Gasteiger partial charge in [0.25, 0.3) is 11.8 Å². The summed E-state index contributed by atoms with van der Waals surface area (Å²) in [7, 11) is 0. The number of H-pyrrole nitrogens is 1. The first-order valence-corrected chi connectivity index (χ1v) is 8.88. The minimum absolute atomic E-state index is 0.0534. The summed E-state index contributed by atoms with van der Waals surface area (Å²) < 4.78 is 64.1. The molecule has 0 saturated carbocycles.